The van der Waals surface area contributed by atoms with E-state index < -0.39 is 70.9 Å². The van der Waals surface area contributed by atoms with Gasteiger partial charge in [-0.1, -0.05) is 12.1 Å². The zero-order valence-corrected chi connectivity index (χ0v) is 23.3. The maximum Gasteiger partial charge on any atom is 0.416 e. The smallest absolute Gasteiger partial charge is 0.416 e. The lowest BCUT2D eigenvalue weighted by atomic mass is 9.93. The Balaban J connectivity index is 1.83. The average Bonchev–Trinajstić information content (AvgIpc) is 2.89. The highest BCUT2D eigenvalue weighted by atomic mass is 19.4. The number of hydrogen-bond donors (Lipinski definition) is 4. The maximum atomic E-state index is 13.8. The van der Waals surface area contributed by atoms with Gasteiger partial charge in [0.15, 0.2) is 0 Å². The lowest BCUT2D eigenvalue weighted by molar-refractivity contribution is -0.153. The van der Waals surface area contributed by atoms with E-state index in [-0.39, 0.29) is 35.2 Å². The number of alkyl halides is 3. The summed E-state index contributed by atoms with van der Waals surface area (Å²) in [6, 6.07) is 6.27. The Morgan fingerprint density at radius 3 is 2.31 bits per heavy atom. The summed E-state index contributed by atoms with van der Waals surface area (Å²) in [5.74, 6) is -2.53. The third kappa shape index (κ3) is 6.21. The lowest BCUT2D eigenvalue weighted by Gasteiger charge is -2.31. The van der Waals surface area contributed by atoms with Gasteiger partial charge in [-0.05, 0) is 69.5 Å². The first-order chi connectivity index (χ1) is 19.4. The standard InChI is InChI=1S/C29H31F3N2O8/c1-27(2,3)42-21(36)12-33-25(38)22-24(37)19-10-17(28(4,40)14-35)11-20-23(19)34(26(22)39)18(13-41-20)9-15-5-7-16(8-6-15)29(30,31)32/h5-8,10-11,18,35,37,40H,9,12-14H2,1-4H3,(H,33,38). The van der Waals surface area contributed by atoms with Gasteiger partial charge in [-0.2, -0.15) is 13.2 Å². The molecule has 2 aromatic carbocycles. The molecule has 1 aliphatic heterocycles. The molecule has 1 aliphatic rings. The molecule has 2 heterocycles. The molecule has 4 N–H and O–H groups in total. The first kappa shape index (κ1) is 30.8. The number of aliphatic hydroxyl groups is 2. The van der Waals surface area contributed by atoms with Crippen LogP contribution in [0.25, 0.3) is 10.9 Å². The molecule has 13 heteroatoms. The van der Waals surface area contributed by atoms with E-state index in [2.05, 4.69) is 5.32 Å². The SMILES string of the molecule is CC(C)(C)OC(=O)CNC(=O)c1c(O)c2cc(C(C)(O)CO)cc3c2n(c1=O)C(Cc1ccc(C(F)(F)F)cc1)CO3. The molecule has 0 spiro atoms. The van der Waals surface area contributed by atoms with E-state index in [9.17, 15) is 42.9 Å². The van der Waals surface area contributed by atoms with Crippen LogP contribution in [0.2, 0.25) is 0 Å². The van der Waals surface area contributed by atoms with Crippen LogP contribution in [-0.2, 0) is 27.7 Å². The van der Waals surface area contributed by atoms with Crippen molar-refractivity contribution >= 4 is 22.8 Å². The van der Waals surface area contributed by atoms with Gasteiger partial charge in [-0.25, -0.2) is 0 Å². The number of hydrogen-bond acceptors (Lipinski definition) is 8. The van der Waals surface area contributed by atoms with Crippen LogP contribution in [0.15, 0.2) is 41.2 Å². The molecule has 1 aromatic heterocycles. The first-order valence-electron chi connectivity index (χ1n) is 13.0. The Morgan fingerprint density at radius 1 is 1.10 bits per heavy atom. The first-order valence-corrected chi connectivity index (χ1v) is 13.0. The van der Waals surface area contributed by atoms with Crippen molar-refractivity contribution in [3.05, 3.63) is 69.0 Å². The largest absolute Gasteiger partial charge is 0.506 e. The molecular formula is C29H31F3N2O8. The topological polar surface area (TPSA) is 147 Å². The highest BCUT2D eigenvalue weighted by Crippen LogP contribution is 2.41. The molecule has 4 rings (SSSR count). The maximum absolute atomic E-state index is 13.8. The van der Waals surface area contributed by atoms with Crippen molar-refractivity contribution in [2.45, 2.75) is 57.5 Å². The molecule has 42 heavy (non-hydrogen) atoms. The minimum atomic E-state index is -4.53. The van der Waals surface area contributed by atoms with E-state index in [4.69, 9.17) is 9.47 Å². The summed E-state index contributed by atoms with van der Waals surface area (Å²) in [6.07, 6.45) is -4.49. The van der Waals surface area contributed by atoms with Crippen LogP contribution in [0.1, 0.15) is 60.8 Å². The van der Waals surface area contributed by atoms with E-state index in [0.717, 1.165) is 12.1 Å². The second-order valence-corrected chi connectivity index (χ2v) is 11.3. The van der Waals surface area contributed by atoms with Gasteiger partial charge in [0.25, 0.3) is 11.5 Å². The number of pyridine rings is 1. The van der Waals surface area contributed by atoms with Crippen molar-refractivity contribution in [2.75, 3.05) is 19.8 Å². The molecule has 0 radical (unpaired) electrons. The summed E-state index contributed by atoms with van der Waals surface area (Å²) in [5, 5.41) is 33.8. The number of benzene rings is 2. The molecule has 1 amide bonds. The molecule has 0 fully saturated rings. The van der Waals surface area contributed by atoms with Crippen LogP contribution in [0.3, 0.4) is 0 Å². The van der Waals surface area contributed by atoms with E-state index in [1.165, 1.54) is 35.8 Å². The lowest BCUT2D eigenvalue weighted by Crippen LogP contribution is -2.41. The third-order valence-corrected chi connectivity index (χ3v) is 6.76. The third-order valence-electron chi connectivity index (χ3n) is 6.76. The van der Waals surface area contributed by atoms with Gasteiger partial charge in [-0.15, -0.1) is 0 Å². The van der Waals surface area contributed by atoms with Crippen LogP contribution in [0.5, 0.6) is 11.5 Å². The van der Waals surface area contributed by atoms with Crippen molar-refractivity contribution in [3.63, 3.8) is 0 Å². The molecule has 0 aliphatic carbocycles. The fourth-order valence-electron chi connectivity index (χ4n) is 4.69. The number of ether oxygens (including phenoxy) is 2. The number of halogens is 3. The molecule has 2 unspecified atom stereocenters. The van der Waals surface area contributed by atoms with Crippen molar-refractivity contribution in [2.24, 2.45) is 0 Å². The number of aromatic hydroxyl groups is 1. The summed E-state index contributed by atoms with van der Waals surface area (Å²) in [5.41, 5.74) is -4.42. The normalized spacial score (nSPS) is 16.5. The zero-order chi connectivity index (χ0) is 31.2. The van der Waals surface area contributed by atoms with Gasteiger partial charge < -0.3 is 30.1 Å². The van der Waals surface area contributed by atoms with Crippen LogP contribution < -0.4 is 15.6 Å². The number of nitrogens with zero attached hydrogens (tertiary/aromatic N) is 1. The van der Waals surface area contributed by atoms with Gasteiger partial charge >= 0.3 is 12.1 Å². The molecule has 2 atom stereocenters. The Hall–Kier alpha value is -4.10. The summed E-state index contributed by atoms with van der Waals surface area (Å²) >= 11 is 0. The number of carbonyl (C=O) groups excluding carboxylic acids is 2. The minimum Gasteiger partial charge on any atom is -0.506 e. The molecule has 10 nitrogen and oxygen atoms in total. The minimum absolute atomic E-state index is 0.0342. The predicted molar refractivity (Wildman–Crippen MR) is 144 cm³/mol. The number of nitrogens with one attached hydrogen (secondary N) is 1. The van der Waals surface area contributed by atoms with E-state index in [1.807, 2.05) is 0 Å². The van der Waals surface area contributed by atoms with E-state index >= 15 is 0 Å². The van der Waals surface area contributed by atoms with E-state index in [0.29, 0.717) is 5.56 Å². The Bertz CT molecular complexity index is 1590. The Morgan fingerprint density at radius 2 is 1.74 bits per heavy atom. The summed E-state index contributed by atoms with van der Waals surface area (Å²) in [4.78, 5) is 39.1. The molecular weight excluding hydrogens is 561 g/mol. The second-order valence-electron chi connectivity index (χ2n) is 11.3. The number of amides is 1. The average molecular weight is 593 g/mol. The van der Waals surface area contributed by atoms with Crippen LogP contribution in [0, 0.1) is 0 Å². The molecule has 0 saturated carbocycles. The second kappa shape index (κ2) is 11.0. The molecule has 226 valence electrons. The summed E-state index contributed by atoms with van der Waals surface area (Å²) < 4.78 is 51.4. The van der Waals surface area contributed by atoms with Gasteiger partial charge in [-0.3, -0.25) is 19.0 Å². The molecule has 0 saturated heterocycles. The van der Waals surface area contributed by atoms with Crippen LogP contribution in [-0.4, -0.2) is 57.1 Å². The van der Waals surface area contributed by atoms with Crippen LogP contribution in [0.4, 0.5) is 13.2 Å². The fraction of sp³-hybridized carbons (Fsp3) is 0.414. The Kier molecular flexibility index (Phi) is 8.04. The number of rotatable bonds is 7. The number of aliphatic hydroxyl groups excluding tert-OH is 1. The molecule has 0 bridgehead atoms. The van der Waals surface area contributed by atoms with Crippen molar-refractivity contribution in [1.29, 1.82) is 0 Å². The van der Waals surface area contributed by atoms with Gasteiger partial charge in [0.05, 0.1) is 23.7 Å². The highest BCUT2D eigenvalue weighted by Gasteiger charge is 2.34. The number of carbonyl (C=O) groups is 2. The van der Waals surface area contributed by atoms with Crippen molar-refractivity contribution < 1.29 is 47.6 Å². The quantitative estimate of drug-likeness (QED) is 0.306. The summed E-state index contributed by atoms with van der Waals surface area (Å²) in [6.45, 7) is 4.78. The van der Waals surface area contributed by atoms with Gasteiger partial charge in [0.1, 0.15) is 41.4 Å². The van der Waals surface area contributed by atoms with Gasteiger partial charge in [0, 0.05) is 5.39 Å². The highest BCUT2D eigenvalue weighted by molar-refractivity contribution is 6.04. The molecule has 3 aromatic rings. The monoisotopic (exact) mass is 592 g/mol. The van der Waals surface area contributed by atoms with Crippen molar-refractivity contribution in [1.82, 2.24) is 9.88 Å². The van der Waals surface area contributed by atoms with Gasteiger partial charge in [0.2, 0.25) is 0 Å². The Labute approximate surface area is 238 Å². The van der Waals surface area contributed by atoms with E-state index in [1.54, 1.807) is 20.8 Å². The summed E-state index contributed by atoms with van der Waals surface area (Å²) in [7, 11) is 0. The van der Waals surface area contributed by atoms with Crippen LogP contribution >= 0.6 is 0 Å². The number of esters is 1. The predicted octanol–water partition coefficient (Wildman–Crippen LogP) is 3.17. The fourth-order valence-corrected chi connectivity index (χ4v) is 4.69. The van der Waals surface area contributed by atoms with Crippen molar-refractivity contribution in [3.8, 4) is 11.5 Å². The number of aromatic nitrogens is 1. The zero-order valence-electron chi connectivity index (χ0n) is 23.3.